The molecule has 0 bridgehead atoms. The van der Waals surface area contributed by atoms with E-state index in [9.17, 15) is 0 Å². The predicted molar refractivity (Wildman–Crippen MR) is 88.8 cm³/mol. The third kappa shape index (κ3) is 3.99. The topological polar surface area (TPSA) is 36.4 Å². The predicted octanol–water partition coefficient (Wildman–Crippen LogP) is 3.07. The Bertz CT molecular complexity index is 491. The Morgan fingerprint density at radius 3 is 2.86 bits per heavy atom. The maximum atomic E-state index is 4.71. The van der Waals surface area contributed by atoms with E-state index in [1.54, 1.807) is 0 Å². The molecule has 2 N–H and O–H groups in total. The molecule has 114 valence electrons. The van der Waals surface area contributed by atoms with Gasteiger partial charge in [-0.3, -0.25) is 4.99 Å². The molecule has 1 aromatic rings. The van der Waals surface area contributed by atoms with Crippen molar-refractivity contribution in [3.63, 3.8) is 0 Å². The average molecular weight is 285 g/mol. The van der Waals surface area contributed by atoms with Gasteiger partial charge in [0, 0.05) is 25.6 Å². The van der Waals surface area contributed by atoms with Crippen LogP contribution in [0.15, 0.2) is 29.3 Å². The van der Waals surface area contributed by atoms with Crippen molar-refractivity contribution in [3.05, 3.63) is 35.4 Å². The summed E-state index contributed by atoms with van der Waals surface area (Å²) < 4.78 is 0. The summed E-state index contributed by atoms with van der Waals surface area (Å²) in [5, 5.41) is 6.92. The summed E-state index contributed by atoms with van der Waals surface area (Å²) in [7, 11) is 0. The van der Waals surface area contributed by atoms with Gasteiger partial charge in [-0.05, 0) is 56.1 Å². The molecule has 2 aliphatic rings. The van der Waals surface area contributed by atoms with Crippen LogP contribution in [0.1, 0.15) is 49.7 Å². The van der Waals surface area contributed by atoms with Gasteiger partial charge >= 0.3 is 0 Å². The molecule has 3 nitrogen and oxygen atoms in total. The number of aryl methyl sites for hydroxylation is 1. The lowest BCUT2D eigenvalue weighted by molar-refractivity contribution is 0.539. The lowest BCUT2D eigenvalue weighted by Crippen LogP contribution is -2.40. The van der Waals surface area contributed by atoms with Gasteiger partial charge < -0.3 is 10.6 Å². The van der Waals surface area contributed by atoms with Crippen LogP contribution in [0.4, 0.5) is 0 Å². The summed E-state index contributed by atoms with van der Waals surface area (Å²) >= 11 is 0. The van der Waals surface area contributed by atoms with Gasteiger partial charge in [0.2, 0.25) is 0 Å². The fraction of sp³-hybridized carbons (Fsp3) is 0.611. The van der Waals surface area contributed by atoms with Crippen LogP contribution < -0.4 is 10.6 Å². The van der Waals surface area contributed by atoms with Gasteiger partial charge in [0.1, 0.15) is 0 Å². The van der Waals surface area contributed by atoms with Crippen molar-refractivity contribution in [1.29, 1.82) is 0 Å². The first-order valence-electron chi connectivity index (χ1n) is 8.46. The van der Waals surface area contributed by atoms with Gasteiger partial charge in [-0.15, -0.1) is 0 Å². The van der Waals surface area contributed by atoms with Crippen LogP contribution in [0.25, 0.3) is 0 Å². The van der Waals surface area contributed by atoms with Crippen LogP contribution in [0.2, 0.25) is 0 Å². The highest BCUT2D eigenvalue weighted by atomic mass is 15.2. The van der Waals surface area contributed by atoms with E-state index in [0.29, 0.717) is 5.92 Å². The minimum atomic E-state index is 0.625. The number of nitrogens with zero attached hydrogens (tertiary/aromatic N) is 1. The second-order valence-corrected chi connectivity index (χ2v) is 6.33. The van der Waals surface area contributed by atoms with E-state index in [4.69, 9.17) is 4.99 Å². The van der Waals surface area contributed by atoms with Gasteiger partial charge in [0.05, 0.1) is 0 Å². The highest BCUT2D eigenvalue weighted by molar-refractivity contribution is 5.79. The number of fused-ring (bicyclic) bond motifs is 1. The van der Waals surface area contributed by atoms with Crippen molar-refractivity contribution in [1.82, 2.24) is 10.6 Å². The molecule has 3 rings (SSSR count). The number of guanidine groups is 1. The molecule has 3 heteroatoms. The van der Waals surface area contributed by atoms with E-state index >= 15 is 0 Å². The minimum Gasteiger partial charge on any atom is -0.357 e. The van der Waals surface area contributed by atoms with Crippen molar-refractivity contribution < 1.29 is 0 Å². The summed E-state index contributed by atoms with van der Waals surface area (Å²) in [6, 6.07) is 8.92. The number of nitrogens with one attached hydrogen (secondary N) is 2. The molecule has 0 heterocycles. The second kappa shape index (κ2) is 6.97. The zero-order valence-electron chi connectivity index (χ0n) is 13.1. The third-order valence-electron chi connectivity index (χ3n) is 4.56. The van der Waals surface area contributed by atoms with Crippen molar-refractivity contribution in [2.45, 2.75) is 44.9 Å². The molecule has 0 aromatic heterocycles. The lowest BCUT2D eigenvalue weighted by Gasteiger charge is -2.26. The molecule has 1 aromatic carbocycles. The van der Waals surface area contributed by atoms with Crippen LogP contribution >= 0.6 is 0 Å². The van der Waals surface area contributed by atoms with Gasteiger partial charge in [-0.1, -0.05) is 24.3 Å². The summed E-state index contributed by atoms with van der Waals surface area (Å²) in [5.74, 6) is 2.46. The first-order chi connectivity index (χ1) is 10.4. The molecule has 0 spiro atoms. The van der Waals surface area contributed by atoms with E-state index in [0.717, 1.165) is 31.5 Å². The Labute approximate surface area is 128 Å². The summed E-state index contributed by atoms with van der Waals surface area (Å²) in [5.41, 5.74) is 3.07. The Morgan fingerprint density at radius 1 is 1.19 bits per heavy atom. The summed E-state index contributed by atoms with van der Waals surface area (Å²) in [6.45, 7) is 5.03. The molecule has 0 aliphatic heterocycles. The fourth-order valence-corrected chi connectivity index (χ4v) is 3.15. The van der Waals surface area contributed by atoms with Crippen molar-refractivity contribution >= 4 is 5.96 Å². The highest BCUT2D eigenvalue weighted by Gasteiger charge is 2.22. The molecular weight excluding hydrogens is 258 g/mol. The van der Waals surface area contributed by atoms with Crippen LogP contribution in [0, 0.1) is 5.92 Å². The number of hydrogen-bond acceptors (Lipinski definition) is 1. The number of rotatable bonds is 5. The standard InChI is InChI=1S/C18H27N3/c1-2-19-18(20-12-14-10-11-14)21-13-16-8-5-7-15-6-3-4-9-17(15)16/h3-4,6,9,14,16H,2,5,7-8,10-13H2,1H3,(H2,19,20,21). The van der Waals surface area contributed by atoms with E-state index in [1.807, 2.05) is 0 Å². The molecule has 0 radical (unpaired) electrons. The Balaban J connectivity index is 1.59. The van der Waals surface area contributed by atoms with Crippen LogP contribution in [0.3, 0.4) is 0 Å². The largest absolute Gasteiger partial charge is 0.357 e. The van der Waals surface area contributed by atoms with Crippen molar-refractivity contribution in [2.24, 2.45) is 10.9 Å². The molecule has 0 amide bonds. The third-order valence-corrected chi connectivity index (χ3v) is 4.56. The molecule has 1 fully saturated rings. The maximum absolute atomic E-state index is 4.71. The smallest absolute Gasteiger partial charge is 0.191 e. The molecule has 1 saturated carbocycles. The second-order valence-electron chi connectivity index (χ2n) is 6.33. The zero-order valence-corrected chi connectivity index (χ0v) is 13.1. The van der Waals surface area contributed by atoms with Gasteiger partial charge in [-0.2, -0.15) is 0 Å². The molecule has 1 atom stereocenters. The summed E-state index contributed by atoms with van der Waals surface area (Å²) in [6.07, 6.45) is 6.55. The SMILES string of the molecule is CCNC(=NCC1CC1)NCC1CCCc2ccccc21. The molecular formula is C18H27N3. The molecule has 1 unspecified atom stereocenters. The van der Waals surface area contributed by atoms with E-state index in [1.165, 1.54) is 43.2 Å². The number of benzene rings is 1. The Morgan fingerprint density at radius 2 is 2.05 bits per heavy atom. The van der Waals surface area contributed by atoms with E-state index in [-0.39, 0.29) is 0 Å². The van der Waals surface area contributed by atoms with Crippen LogP contribution in [-0.2, 0) is 6.42 Å². The van der Waals surface area contributed by atoms with Crippen molar-refractivity contribution in [3.8, 4) is 0 Å². The van der Waals surface area contributed by atoms with Crippen LogP contribution in [0.5, 0.6) is 0 Å². The lowest BCUT2D eigenvalue weighted by atomic mass is 9.83. The molecule has 21 heavy (non-hydrogen) atoms. The monoisotopic (exact) mass is 285 g/mol. The molecule has 2 aliphatic carbocycles. The number of hydrogen-bond donors (Lipinski definition) is 2. The normalized spacial score (nSPS) is 21.8. The fourth-order valence-electron chi connectivity index (χ4n) is 3.15. The average Bonchev–Trinajstić information content (AvgIpc) is 3.34. The summed E-state index contributed by atoms with van der Waals surface area (Å²) in [4.78, 5) is 4.71. The van der Waals surface area contributed by atoms with Gasteiger partial charge in [-0.25, -0.2) is 0 Å². The van der Waals surface area contributed by atoms with Crippen molar-refractivity contribution in [2.75, 3.05) is 19.6 Å². The highest BCUT2D eigenvalue weighted by Crippen LogP contribution is 2.31. The Kier molecular flexibility index (Phi) is 4.79. The van der Waals surface area contributed by atoms with E-state index in [2.05, 4.69) is 41.8 Å². The van der Waals surface area contributed by atoms with Crippen LogP contribution in [-0.4, -0.2) is 25.6 Å². The Hall–Kier alpha value is -1.51. The minimum absolute atomic E-state index is 0.625. The maximum Gasteiger partial charge on any atom is 0.191 e. The zero-order chi connectivity index (χ0) is 14.5. The first kappa shape index (κ1) is 14.4. The quantitative estimate of drug-likeness (QED) is 0.644. The number of aliphatic imine (C=N–C) groups is 1. The first-order valence-corrected chi connectivity index (χ1v) is 8.46. The van der Waals surface area contributed by atoms with Gasteiger partial charge in [0.15, 0.2) is 5.96 Å². The van der Waals surface area contributed by atoms with E-state index < -0.39 is 0 Å². The van der Waals surface area contributed by atoms with Gasteiger partial charge in [0.25, 0.3) is 0 Å². The molecule has 0 saturated heterocycles.